The third-order valence-corrected chi connectivity index (χ3v) is 2.82. The van der Waals surface area contributed by atoms with Crippen molar-refractivity contribution >= 4 is 11.8 Å². The van der Waals surface area contributed by atoms with Gasteiger partial charge in [-0.3, -0.25) is 9.59 Å². The average Bonchev–Trinajstić information content (AvgIpc) is 3.16. The summed E-state index contributed by atoms with van der Waals surface area (Å²) in [5.41, 5.74) is 4.95. The van der Waals surface area contributed by atoms with Gasteiger partial charge in [0, 0.05) is 25.9 Å². The van der Waals surface area contributed by atoms with Crippen LogP contribution in [-0.2, 0) is 9.59 Å². The van der Waals surface area contributed by atoms with E-state index in [2.05, 4.69) is 13.8 Å². The average molecular weight is 256 g/mol. The summed E-state index contributed by atoms with van der Waals surface area (Å²) in [4.78, 5) is 23.2. The van der Waals surface area contributed by atoms with Crippen molar-refractivity contribution in [2.75, 3.05) is 13.1 Å². The van der Waals surface area contributed by atoms with Gasteiger partial charge in [0.2, 0.25) is 11.8 Å². The zero-order valence-electron chi connectivity index (χ0n) is 11.9. The van der Waals surface area contributed by atoms with Crippen LogP contribution >= 0.6 is 0 Å². The second-order valence-electron chi connectivity index (χ2n) is 4.76. The lowest BCUT2D eigenvalue weighted by molar-refractivity contribution is -0.126. The monoisotopic (exact) mass is 256 g/mol. The van der Waals surface area contributed by atoms with Gasteiger partial charge < -0.3 is 10.6 Å². The normalized spacial score (nSPS) is 12.7. The molecule has 0 aromatic rings. The van der Waals surface area contributed by atoms with E-state index in [4.69, 9.17) is 5.73 Å². The highest BCUT2D eigenvalue weighted by Gasteiger charge is 2.22. The quantitative estimate of drug-likeness (QED) is 0.535. The Labute approximate surface area is 111 Å². The minimum atomic E-state index is -0.283. The summed E-state index contributed by atoms with van der Waals surface area (Å²) in [6.07, 6.45) is 8.00. The van der Waals surface area contributed by atoms with Crippen molar-refractivity contribution in [3.63, 3.8) is 0 Å². The maximum atomic E-state index is 11.1. The molecule has 106 valence electrons. The summed E-state index contributed by atoms with van der Waals surface area (Å²) >= 11 is 0. The fraction of sp³-hybridized carbons (Fsp3) is 0.857. The summed E-state index contributed by atoms with van der Waals surface area (Å²) in [5, 5.41) is 0. The molecule has 1 aliphatic heterocycles. The van der Waals surface area contributed by atoms with E-state index >= 15 is 0 Å². The molecule has 1 heterocycles. The Kier molecular flexibility index (Phi) is 10.4. The molecule has 1 fully saturated rings. The molecule has 2 amide bonds. The Hall–Kier alpha value is -1.06. The molecule has 0 aromatic heterocycles. The van der Waals surface area contributed by atoms with Gasteiger partial charge in [-0.15, -0.1) is 0 Å². The number of nitrogens with two attached hydrogens (primary N) is 1. The summed E-state index contributed by atoms with van der Waals surface area (Å²) in [7, 11) is 0. The fourth-order valence-electron chi connectivity index (χ4n) is 1.53. The predicted octanol–water partition coefficient (Wildman–Crippen LogP) is 2.46. The van der Waals surface area contributed by atoms with Crippen molar-refractivity contribution in [2.45, 2.75) is 65.2 Å². The van der Waals surface area contributed by atoms with E-state index in [1.54, 1.807) is 4.90 Å². The summed E-state index contributed by atoms with van der Waals surface area (Å²) in [6, 6.07) is 0. The van der Waals surface area contributed by atoms with Gasteiger partial charge in [-0.2, -0.15) is 0 Å². The first-order valence-corrected chi connectivity index (χ1v) is 7.17. The first-order chi connectivity index (χ1) is 8.61. The van der Waals surface area contributed by atoms with Crippen molar-refractivity contribution in [1.82, 2.24) is 4.90 Å². The molecule has 0 radical (unpaired) electrons. The molecule has 0 unspecified atom stereocenters. The zero-order valence-corrected chi connectivity index (χ0v) is 11.9. The lowest BCUT2D eigenvalue weighted by Crippen LogP contribution is -2.12. The maximum Gasteiger partial charge on any atom is 0.222 e. The highest BCUT2D eigenvalue weighted by atomic mass is 16.2. The first kappa shape index (κ1) is 16.9. The van der Waals surface area contributed by atoms with Gasteiger partial charge in [0.25, 0.3) is 0 Å². The second-order valence-corrected chi connectivity index (χ2v) is 4.76. The highest BCUT2D eigenvalue weighted by molar-refractivity contribution is 5.78. The molecule has 0 bridgehead atoms. The van der Waals surface area contributed by atoms with Crippen LogP contribution in [0.2, 0.25) is 0 Å². The number of hydrogen-bond acceptors (Lipinski definition) is 2. The Morgan fingerprint density at radius 2 is 1.44 bits per heavy atom. The van der Waals surface area contributed by atoms with E-state index in [1.165, 1.54) is 25.7 Å². The summed E-state index contributed by atoms with van der Waals surface area (Å²) in [6.45, 7) is 6.29. The number of nitrogens with zero attached hydrogens (tertiary/aromatic N) is 1. The number of carbonyl (C=O) groups is 2. The highest BCUT2D eigenvalue weighted by Crippen LogP contribution is 2.09. The van der Waals surface area contributed by atoms with Gasteiger partial charge in [0.15, 0.2) is 0 Å². The van der Waals surface area contributed by atoms with Crippen molar-refractivity contribution in [2.24, 2.45) is 5.73 Å². The lowest BCUT2D eigenvalue weighted by atomic mass is 10.2. The molecule has 1 aliphatic rings. The maximum absolute atomic E-state index is 11.1. The minimum Gasteiger partial charge on any atom is -0.370 e. The Bertz CT molecular complexity index is 234. The van der Waals surface area contributed by atoms with Crippen LogP contribution in [0.1, 0.15) is 65.2 Å². The van der Waals surface area contributed by atoms with Crippen LogP contribution in [-0.4, -0.2) is 29.8 Å². The van der Waals surface area contributed by atoms with Crippen LogP contribution in [0.15, 0.2) is 0 Å². The molecule has 0 atom stereocenters. The van der Waals surface area contributed by atoms with Crippen molar-refractivity contribution < 1.29 is 9.59 Å². The number of hydrogen-bond donors (Lipinski definition) is 1. The van der Waals surface area contributed by atoms with Gasteiger partial charge in [-0.25, -0.2) is 0 Å². The SMILES string of the molecule is CCCCCC.NC(=O)CCCCC(=O)N1CC1. The molecule has 1 saturated heterocycles. The van der Waals surface area contributed by atoms with E-state index < -0.39 is 0 Å². The molecule has 0 spiro atoms. The number of unbranched alkanes of at least 4 members (excludes halogenated alkanes) is 4. The molecule has 0 aromatic carbocycles. The van der Waals surface area contributed by atoms with E-state index in [0.717, 1.165) is 25.9 Å². The molecular formula is C14H28N2O2. The van der Waals surface area contributed by atoms with E-state index in [9.17, 15) is 9.59 Å². The number of rotatable bonds is 8. The van der Waals surface area contributed by atoms with Gasteiger partial charge in [-0.05, 0) is 12.8 Å². The van der Waals surface area contributed by atoms with Gasteiger partial charge in [0.05, 0.1) is 0 Å². The van der Waals surface area contributed by atoms with Crippen LogP contribution in [0.5, 0.6) is 0 Å². The fourth-order valence-corrected chi connectivity index (χ4v) is 1.53. The van der Waals surface area contributed by atoms with Crippen molar-refractivity contribution in [3.8, 4) is 0 Å². The Balaban J connectivity index is 0.000000411. The minimum absolute atomic E-state index is 0.208. The van der Waals surface area contributed by atoms with Gasteiger partial charge >= 0.3 is 0 Å². The summed E-state index contributed by atoms with van der Waals surface area (Å²) in [5.74, 6) is -0.0753. The van der Waals surface area contributed by atoms with Gasteiger partial charge in [0.1, 0.15) is 0 Å². The second kappa shape index (κ2) is 11.1. The zero-order chi connectivity index (χ0) is 13.8. The number of amides is 2. The van der Waals surface area contributed by atoms with E-state index in [-0.39, 0.29) is 11.8 Å². The first-order valence-electron chi connectivity index (χ1n) is 7.17. The number of carbonyl (C=O) groups excluding carboxylic acids is 2. The molecule has 18 heavy (non-hydrogen) atoms. The predicted molar refractivity (Wildman–Crippen MR) is 74.1 cm³/mol. The third-order valence-electron chi connectivity index (χ3n) is 2.82. The largest absolute Gasteiger partial charge is 0.370 e. The molecule has 0 aliphatic carbocycles. The van der Waals surface area contributed by atoms with Crippen LogP contribution in [0, 0.1) is 0 Å². The van der Waals surface area contributed by atoms with E-state index in [1.807, 2.05) is 0 Å². The molecule has 2 N–H and O–H groups in total. The van der Waals surface area contributed by atoms with Crippen LogP contribution in [0.3, 0.4) is 0 Å². The molecular weight excluding hydrogens is 228 g/mol. The van der Waals surface area contributed by atoms with Crippen LogP contribution in [0.25, 0.3) is 0 Å². The van der Waals surface area contributed by atoms with Crippen LogP contribution in [0.4, 0.5) is 0 Å². The molecule has 4 heteroatoms. The Morgan fingerprint density at radius 1 is 0.944 bits per heavy atom. The molecule has 0 saturated carbocycles. The van der Waals surface area contributed by atoms with Crippen LogP contribution < -0.4 is 5.73 Å². The summed E-state index contributed by atoms with van der Waals surface area (Å²) < 4.78 is 0. The molecule has 4 nitrogen and oxygen atoms in total. The van der Waals surface area contributed by atoms with Gasteiger partial charge in [-0.1, -0.05) is 39.5 Å². The molecule has 1 rings (SSSR count). The lowest BCUT2D eigenvalue weighted by Gasteiger charge is -1.99. The van der Waals surface area contributed by atoms with Crippen molar-refractivity contribution in [1.29, 1.82) is 0 Å². The Morgan fingerprint density at radius 3 is 1.83 bits per heavy atom. The smallest absolute Gasteiger partial charge is 0.222 e. The van der Waals surface area contributed by atoms with E-state index in [0.29, 0.717) is 12.8 Å². The standard InChI is InChI=1S/C8H14N2O2.C6H14/c9-7(11)3-1-2-4-8(12)10-5-6-10;1-3-5-6-4-2/h1-6H2,(H2,9,11);3-6H2,1-2H3. The topological polar surface area (TPSA) is 63.2 Å². The van der Waals surface area contributed by atoms with Crippen molar-refractivity contribution in [3.05, 3.63) is 0 Å². The number of primary amides is 1. The third kappa shape index (κ3) is 11.4.